The third-order valence-electron chi connectivity index (χ3n) is 5.85. The van der Waals surface area contributed by atoms with Gasteiger partial charge in [-0.1, -0.05) is 48.5 Å². The molecule has 1 aliphatic heterocycles. The molecule has 0 spiro atoms. The van der Waals surface area contributed by atoms with Crippen molar-refractivity contribution in [2.45, 2.75) is 13.0 Å². The Bertz CT molecular complexity index is 1030. The number of amides is 1. The summed E-state index contributed by atoms with van der Waals surface area (Å²) in [4.78, 5) is 21.6. The molecule has 0 unspecified atom stereocenters. The van der Waals surface area contributed by atoms with Gasteiger partial charge in [0.15, 0.2) is 0 Å². The molecule has 33 heavy (non-hydrogen) atoms. The lowest BCUT2D eigenvalue weighted by molar-refractivity contribution is -0.126. The first-order valence-electron chi connectivity index (χ1n) is 11.6. The number of rotatable bonds is 9. The van der Waals surface area contributed by atoms with E-state index in [0.29, 0.717) is 13.1 Å². The monoisotopic (exact) mass is 441 g/mol. The van der Waals surface area contributed by atoms with Crippen LogP contribution in [0, 0.1) is 0 Å². The number of carbonyl (C=O) groups is 1. The smallest absolute Gasteiger partial charge is 0.246 e. The first-order valence-corrected chi connectivity index (χ1v) is 11.6. The highest BCUT2D eigenvalue weighted by Gasteiger charge is 2.14. The first-order chi connectivity index (χ1) is 16.3. The molecule has 5 nitrogen and oxygen atoms in total. The lowest BCUT2D eigenvalue weighted by Crippen LogP contribution is -2.38. The number of hydrogen-bond acceptors (Lipinski definition) is 4. The summed E-state index contributed by atoms with van der Waals surface area (Å²) in [6.45, 7) is 5.80. The molecular weight excluding hydrogens is 410 g/mol. The van der Waals surface area contributed by atoms with Gasteiger partial charge in [0.05, 0.1) is 13.2 Å². The number of ether oxygens (including phenoxy) is 1. The molecule has 0 N–H and O–H groups in total. The molecule has 3 aromatic rings. The minimum atomic E-state index is 0.0268. The van der Waals surface area contributed by atoms with Crippen LogP contribution in [0.25, 0.3) is 17.2 Å². The summed E-state index contributed by atoms with van der Waals surface area (Å²) in [6.07, 6.45) is 8.10. The molecule has 1 amide bonds. The van der Waals surface area contributed by atoms with Crippen LogP contribution < -0.4 is 0 Å². The fourth-order valence-corrected chi connectivity index (χ4v) is 4.01. The molecule has 1 aromatic heterocycles. The van der Waals surface area contributed by atoms with E-state index in [1.54, 1.807) is 18.5 Å². The van der Waals surface area contributed by atoms with Crippen LogP contribution in [0.3, 0.4) is 0 Å². The zero-order valence-corrected chi connectivity index (χ0v) is 19.0. The molecule has 1 aliphatic rings. The molecule has 1 saturated heterocycles. The number of pyridine rings is 1. The van der Waals surface area contributed by atoms with Crippen molar-refractivity contribution in [2.24, 2.45) is 0 Å². The largest absolute Gasteiger partial charge is 0.379 e. The van der Waals surface area contributed by atoms with Crippen molar-refractivity contribution in [3.63, 3.8) is 0 Å². The Morgan fingerprint density at radius 1 is 0.970 bits per heavy atom. The van der Waals surface area contributed by atoms with E-state index in [2.05, 4.69) is 34.1 Å². The third kappa shape index (κ3) is 7.11. The van der Waals surface area contributed by atoms with Crippen LogP contribution in [0.5, 0.6) is 0 Å². The molecule has 0 radical (unpaired) electrons. The Hall–Kier alpha value is -3.28. The van der Waals surface area contributed by atoms with Crippen molar-refractivity contribution < 1.29 is 9.53 Å². The van der Waals surface area contributed by atoms with E-state index in [-0.39, 0.29) is 5.91 Å². The van der Waals surface area contributed by atoms with Crippen molar-refractivity contribution >= 4 is 12.0 Å². The van der Waals surface area contributed by atoms with Crippen LogP contribution in [0.2, 0.25) is 0 Å². The van der Waals surface area contributed by atoms with Crippen molar-refractivity contribution in [3.05, 3.63) is 96.3 Å². The van der Waals surface area contributed by atoms with Gasteiger partial charge in [-0.25, -0.2) is 0 Å². The van der Waals surface area contributed by atoms with Gasteiger partial charge in [0, 0.05) is 51.2 Å². The zero-order valence-electron chi connectivity index (χ0n) is 19.0. The first kappa shape index (κ1) is 22.9. The highest BCUT2D eigenvalue weighted by molar-refractivity contribution is 5.92. The van der Waals surface area contributed by atoms with E-state index >= 15 is 0 Å². The van der Waals surface area contributed by atoms with Crippen molar-refractivity contribution in [1.29, 1.82) is 0 Å². The van der Waals surface area contributed by atoms with Gasteiger partial charge in [-0.05, 0) is 52.9 Å². The van der Waals surface area contributed by atoms with Crippen molar-refractivity contribution in [3.8, 4) is 11.1 Å². The number of nitrogens with zero attached hydrogens (tertiary/aromatic N) is 3. The average Bonchev–Trinajstić information content (AvgIpc) is 2.88. The van der Waals surface area contributed by atoms with Crippen molar-refractivity contribution in [1.82, 2.24) is 14.8 Å². The number of morpholine rings is 1. The van der Waals surface area contributed by atoms with Crippen LogP contribution in [-0.4, -0.2) is 60.1 Å². The van der Waals surface area contributed by atoms with E-state index in [1.807, 2.05) is 53.4 Å². The molecule has 4 rings (SSSR count). The second-order valence-corrected chi connectivity index (χ2v) is 8.25. The molecule has 1 fully saturated rings. The fourth-order valence-electron chi connectivity index (χ4n) is 4.01. The predicted octanol–water partition coefficient (Wildman–Crippen LogP) is 4.51. The van der Waals surface area contributed by atoms with Gasteiger partial charge in [-0.15, -0.1) is 0 Å². The lowest BCUT2D eigenvalue weighted by Gasteiger charge is -2.28. The zero-order chi connectivity index (χ0) is 22.7. The molecule has 0 aliphatic carbocycles. The number of aromatic nitrogens is 1. The predicted molar refractivity (Wildman–Crippen MR) is 132 cm³/mol. The van der Waals surface area contributed by atoms with Gasteiger partial charge in [0.2, 0.25) is 5.91 Å². The Morgan fingerprint density at radius 2 is 1.73 bits per heavy atom. The van der Waals surface area contributed by atoms with Crippen LogP contribution >= 0.6 is 0 Å². The SMILES string of the molecule is O=C(/C=C/c1cccc(-c2ccccc2)c1)N(CCCN1CCOCC1)Cc1ccncc1. The van der Waals surface area contributed by atoms with E-state index in [9.17, 15) is 4.79 Å². The molecule has 170 valence electrons. The van der Waals surface area contributed by atoms with E-state index in [4.69, 9.17) is 4.74 Å². The number of carbonyl (C=O) groups excluding carboxylic acids is 1. The van der Waals surface area contributed by atoms with E-state index < -0.39 is 0 Å². The molecule has 0 bridgehead atoms. The standard InChI is InChI=1S/C28H31N3O2/c32-28(11-10-24-6-4-9-27(22-24)26-7-2-1-3-8-26)31(23-25-12-14-29-15-13-25)17-5-16-30-18-20-33-21-19-30/h1-4,6-15,22H,5,16-21,23H2/b11-10+. The average molecular weight is 442 g/mol. The summed E-state index contributed by atoms with van der Waals surface area (Å²) in [7, 11) is 0. The second kappa shape index (κ2) is 12.1. The van der Waals surface area contributed by atoms with Crippen LogP contribution in [-0.2, 0) is 16.1 Å². The summed E-state index contributed by atoms with van der Waals surface area (Å²) in [5.74, 6) is 0.0268. The van der Waals surface area contributed by atoms with E-state index in [0.717, 1.165) is 56.0 Å². The Kier molecular flexibility index (Phi) is 8.39. The fraction of sp³-hybridized carbons (Fsp3) is 0.286. The van der Waals surface area contributed by atoms with Gasteiger partial charge >= 0.3 is 0 Å². The van der Waals surface area contributed by atoms with Crippen LogP contribution in [0.15, 0.2) is 85.2 Å². The molecule has 2 heterocycles. The van der Waals surface area contributed by atoms with Gasteiger partial charge < -0.3 is 9.64 Å². The maximum atomic E-state index is 13.1. The Labute approximate surface area is 196 Å². The normalized spacial score (nSPS) is 14.4. The topological polar surface area (TPSA) is 45.7 Å². The minimum Gasteiger partial charge on any atom is -0.379 e. The van der Waals surface area contributed by atoms with Crippen molar-refractivity contribution in [2.75, 3.05) is 39.4 Å². The summed E-state index contributed by atoms with van der Waals surface area (Å²) in [6, 6.07) is 22.5. The van der Waals surface area contributed by atoms with Crippen LogP contribution in [0.4, 0.5) is 0 Å². The number of hydrogen-bond donors (Lipinski definition) is 0. The second-order valence-electron chi connectivity index (χ2n) is 8.25. The summed E-state index contributed by atoms with van der Waals surface area (Å²) in [5, 5.41) is 0. The van der Waals surface area contributed by atoms with Gasteiger partial charge in [0.25, 0.3) is 0 Å². The minimum absolute atomic E-state index is 0.0268. The Morgan fingerprint density at radius 3 is 2.52 bits per heavy atom. The van der Waals surface area contributed by atoms with Crippen LogP contribution in [0.1, 0.15) is 17.5 Å². The van der Waals surface area contributed by atoms with Gasteiger partial charge in [-0.2, -0.15) is 0 Å². The highest BCUT2D eigenvalue weighted by Crippen LogP contribution is 2.20. The summed E-state index contributed by atoms with van der Waals surface area (Å²) < 4.78 is 5.43. The van der Waals surface area contributed by atoms with Gasteiger partial charge in [-0.3, -0.25) is 14.7 Å². The molecule has 0 atom stereocenters. The maximum absolute atomic E-state index is 13.1. The molecule has 5 heteroatoms. The number of benzene rings is 2. The Balaban J connectivity index is 1.42. The van der Waals surface area contributed by atoms with E-state index in [1.165, 1.54) is 5.56 Å². The quantitative estimate of drug-likeness (QED) is 0.458. The summed E-state index contributed by atoms with van der Waals surface area (Å²) in [5.41, 5.74) is 4.41. The van der Waals surface area contributed by atoms with Gasteiger partial charge in [0.1, 0.15) is 0 Å². The third-order valence-corrected chi connectivity index (χ3v) is 5.85. The lowest BCUT2D eigenvalue weighted by atomic mass is 10.0. The molecular formula is C28H31N3O2. The maximum Gasteiger partial charge on any atom is 0.246 e. The molecule has 2 aromatic carbocycles. The highest BCUT2D eigenvalue weighted by atomic mass is 16.5. The molecule has 0 saturated carbocycles. The summed E-state index contributed by atoms with van der Waals surface area (Å²) >= 11 is 0.